The number of alkyl halides is 1. The molecule has 0 heterocycles. The molecule has 12 heteroatoms. The molecule has 0 aliphatic rings. The Balaban J connectivity index is 4.81. The van der Waals surface area contributed by atoms with Gasteiger partial charge in [0, 0.05) is 74.3 Å². The molecule has 0 saturated heterocycles. The van der Waals surface area contributed by atoms with Gasteiger partial charge in [0.05, 0.1) is 6.61 Å². The smallest absolute Gasteiger partial charge is 0.377 e. The van der Waals surface area contributed by atoms with E-state index in [9.17, 15) is 9.18 Å². The molecule has 0 bridgehead atoms. The predicted molar refractivity (Wildman–Crippen MR) is 110 cm³/mol. The summed E-state index contributed by atoms with van der Waals surface area (Å²) in [4.78, 5) is 14.4. The van der Waals surface area contributed by atoms with Crippen molar-refractivity contribution in [3.63, 3.8) is 0 Å². The van der Waals surface area contributed by atoms with Gasteiger partial charge in [-0.25, -0.2) is 4.39 Å². The molecule has 174 valence electrons. The maximum Gasteiger partial charge on any atom is 0.500 e. The van der Waals surface area contributed by atoms with Crippen molar-refractivity contribution >= 4 is 23.5 Å². The van der Waals surface area contributed by atoms with Crippen LogP contribution in [0.2, 0.25) is 12.1 Å². The van der Waals surface area contributed by atoms with E-state index in [0.29, 0.717) is 50.9 Å². The zero-order chi connectivity index (χ0) is 22.2. The minimum Gasteiger partial charge on any atom is -0.377 e. The van der Waals surface area contributed by atoms with Gasteiger partial charge in [-0.3, -0.25) is 4.79 Å². The molecule has 1 amide bonds. The second kappa shape index (κ2) is 16.3. The lowest BCUT2D eigenvalue weighted by molar-refractivity contribution is -0.131. The summed E-state index contributed by atoms with van der Waals surface area (Å²) in [5.74, 6) is -0.00788. The van der Waals surface area contributed by atoms with E-state index in [0.717, 1.165) is 0 Å². The lowest BCUT2D eigenvalue weighted by atomic mass is 10.2. The number of hydrogen-bond donors (Lipinski definition) is 0. The fourth-order valence-electron chi connectivity index (χ4n) is 2.98. The molecule has 0 saturated carbocycles. The van der Waals surface area contributed by atoms with Gasteiger partial charge in [0.2, 0.25) is 5.91 Å². The first-order valence-electron chi connectivity index (χ1n) is 9.64. The summed E-state index contributed by atoms with van der Waals surface area (Å²) in [6.07, 6.45) is 2.12. The summed E-state index contributed by atoms with van der Waals surface area (Å²) in [6.45, 7) is 0.452. The van der Waals surface area contributed by atoms with Crippen molar-refractivity contribution in [1.82, 2.24) is 4.90 Å². The SMILES string of the molecule is CO[Si](CCCN(CCC[Si](OC)(OC)OC)C(=O)CCCOCF)(OC)OC. The second-order valence-corrected chi connectivity index (χ2v) is 12.5. The zero-order valence-electron chi connectivity index (χ0n) is 18.7. The van der Waals surface area contributed by atoms with E-state index in [1.165, 1.54) is 0 Å². The summed E-state index contributed by atoms with van der Waals surface area (Å²) < 4.78 is 49.3. The van der Waals surface area contributed by atoms with Gasteiger partial charge in [0.1, 0.15) is 0 Å². The third-order valence-electron chi connectivity index (χ3n) is 4.80. The van der Waals surface area contributed by atoms with Crippen LogP contribution in [0.15, 0.2) is 0 Å². The van der Waals surface area contributed by atoms with E-state index in [4.69, 9.17) is 26.6 Å². The lowest BCUT2D eigenvalue weighted by Crippen LogP contribution is -2.44. The molecule has 0 spiro atoms. The average molecular weight is 460 g/mol. The summed E-state index contributed by atoms with van der Waals surface area (Å²) in [6, 6.07) is 1.19. The van der Waals surface area contributed by atoms with E-state index < -0.39 is 24.5 Å². The molecule has 0 rings (SSSR count). The van der Waals surface area contributed by atoms with Gasteiger partial charge < -0.3 is 36.2 Å². The number of amides is 1. The molecule has 0 aliphatic heterocycles. The molecule has 0 atom stereocenters. The average Bonchev–Trinajstić information content (AvgIpc) is 2.76. The standard InChI is InChI=1S/C17H38FNO8Si2/c1-21-28(22-2,23-3)14-8-11-19(17(20)10-7-13-27-16-18)12-9-15-29(24-4,25-5)26-6/h7-16H2,1-6H3. The van der Waals surface area contributed by atoms with E-state index in [1.807, 2.05) is 0 Å². The molecule has 0 aromatic heterocycles. The molecular formula is C17H38FNO8Si2. The Morgan fingerprint density at radius 2 is 1.17 bits per heavy atom. The highest BCUT2D eigenvalue weighted by Gasteiger charge is 2.38. The van der Waals surface area contributed by atoms with E-state index in [-0.39, 0.29) is 12.5 Å². The van der Waals surface area contributed by atoms with Crippen molar-refractivity contribution in [2.45, 2.75) is 37.8 Å². The largest absolute Gasteiger partial charge is 0.500 e. The highest BCUT2D eigenvalue weighted by atomic mass is 28.4. The molecule has 0 unspecified atom stereocenters. The minimum atomic E-state index is -2.69. The van der Waals surface area contributed by atoms with Crippen LogP contribution in [0.5, 0.6) is 0 Å². The number of ether oxygens (including phenoxy) is 1. The lowest BCUT2D eigenvalue weighted by Gasteiger charge is -2.28. The summed E-state index contributed by atoms with van der Waals surface area (Å²) >= 11 is 0. The zero-order valence-corrected chi connectivity index (χ0v) is 20.7. The highest BCUT2D eigenvalue weighted by Crippen LogP contribution is 2.18. The van der Waals surface area contributed by atoms with Crippen LogP contribution in [-0.4, -0.2) is 97.6 Å². The van der Waals surface area contributed by atoms with Gasteiger partial charge in [-0.15, -0.1) is 0 Å². The maximum atomic E-state index is 12.6. The number of hydrogen-bond acceptors (Lipinski definition) is 8. The normalized spacial score (nSPS) is 12.4. The topological polar surface area (TPSA) is 84.9 Å². The number of nitrogens with zero attached hydrogens (tertiary/aromatic N) is 1. The molecule has 0 aromatic rings. The van der Waals surface area contributed by atoms with Gasteiger partial charge in [-0.1, -0.05) is 0 Å². The van der Waals surface area contributed by atoms with Crippen LogP contribution in [0, 0.1) is 0 Å². The van der Waals surface area contributed by atoms with E-state index in [1.54, 1.807) is 47.6 Å². The number of carbonyl (C=O) groups excluding carboxylic acids is 1. The molecule has 0 aliphatic carbocycles. The number of rotatable bonds is 19. The van der Waals surface area contributed by atoms with Crippen molar-refractivity contribution in [3.8, 4) is 0 Å². The third kappa shape index (κ3) is 10.4. The molecule has 9 nitrogen and oxygen atoms in total. The van der Waals surface area contributed by atoms with Gasteiger partial charge in [-0.05, 0) is 19.3 Å². The first kappa shape index (κ1) is 28.6. The van der Waals surface area contributed by atoms with Crippen LogP contribution >= 0.6 is 0 Å². The van der Waals surface area contributed by atoms with Crippen molar-refractivity contribution in [2.75, 3.05) is 69.2 Å². The minimum absolute atomic E-state index is 0.00788. The van der Waals surface area contributed by atoms with Crippen molar-refractivity contribution in [3.05, 3.63) is 0 Å². The van der Waals surface area contributed by atoms with Gasteiger partial charge in [-0.2, -0.15) is 0 Å². The Morgan fingerprint density at radius 3 is 1.52 bits per heavy atom. The van der Waals surface area contributed by atoms with E-state index in [2.05, 4.69) is 4.74 Å². The van der Waals surface area contributed by atoms with Crippen LogP contribution < -0.4 is 0 Å². The molecular weight excluding hydrogens is 421 g/mol. The monoisotopic (exact) mass is 459 g/mol. The fraction of sp³-hybridized carbons (Fsp3) is 0.941. The molecule has 0 aromatic carbocycles. The Bertz CT molecular complexity index is 386. The summed E-state index contributed by atoms with van der Waals surface area (Å²) in [5.41, 5.74) is 0. The summed E-state index contributed by atoms with van der Waals surface area (Å²) in [5, 5.41) is 0. The van der Waals surface area contributed by atoms with Crippen LogP contribution in [0.4, 0.5) is 4.39 Å². The van der Waals surface area contributed by atoms with Crippen LogP contribution in [0.1, 0.15) is 25.7 Å². The van der Waals surface area contributed by atoms with Crippen molar-refractivity contribution in [1.29, 1.82) is 0 Å². The van der Waals surface area contributed by atoms with Crippen LogP contribution in [0.3, 0.4) is 0 Å². The molecule has 29 heavy (non-hydrogen) atoms. The first-order chi connectivity index (χ1) is 13.9. The van der Waals surface area contributed by atoms with Crippen molar-refractivity contribution in [2.24, 2.45) is 0 Å². The molecule has 0 fully saturated rings. The Morgan fingerprint density at radius 1 is 0.759 bits per heavy atom. The van der Waals surface area contributed by atoms with Crippen molar-refractivity contribution < 1.29 is 40.5 Å². The van der Waals surface area contributed by atoms with Crippen LogP contribution in [0.25, 0.3) is 0 Å². The van der Waals surface area contributed by atoms with E-state index >= 15 is 0 Å². The van der Waals surface area contributed by atoms with Gasteiger partial charge >= 0.3 is 17.6 Å². The fourth-order valence-corrected chi connectivity index (χ4v) is 6.39. The second-order valence-electron chi connectivity index (χ2n) is 6.30. The first-order valence-corrected chi connectivity index (χ1v) is 13.5. The Labute approximate surface area is 176 Å². The molecule has 0 radical (unpaired) electrons. The molecule has 0 N–H and O–H groups in total. The maximum absolute atomic E-state index is 12.6. The van der Waals surface area contributed by atoms with Crippen LogP contribution in [-0.2, 0) is 36.1 Å². The summed E-state index contributed by atoms with van der Waals surface area (Å²) in [7, 11) is 4.03. The Kier molecular flexibility index (Phi) is 16.0. The van der Waals surface area contributed by atoms with Gasteiger partial charge in [0.25, 0.3) is 0 Å². The third-order valence-corrected chi connectivity index (χ3v) is 10.5. The number of halogens is 1. The highest BCUT2D eigenvalue weighted by molar-refractivity contribution is 6.60. The Hall–Kier alpha value is -0.446. The quantitative estimate of drug-likeness (QED) is 0.214. The predicted octanol–water partition coefficient (Wildman–Crippen LogP) is 2.08. The van der Waals surface area contributed by atoms with Gasteiger partial charge in [0.15, 0.2) is 6.86 Å². The number of carbonyl (C=O) groups is 1.